The molecule has 1 rings (SSSR count). The molecule has 0 radical (unpaired) electrons. The lowest BCUT2D eigenvalue weighted by Gasteiger charge is -2.33. The molecule has 20 heavy (non-hydrogen) atoms. The maximum atomic E-state index is 11.7. The fourth-order valence-electron chi connectivity index (χ4n) is 2.50. The molecule has 0 aliphatic rings. The van der Waals surface area contributed by atoms with Crippen LogP contribution in [0.25, 0.3) is 0 Å². The summed E-state index contributed by atoms with van der Waals surface area (Å²) in [6.45, 7) is 3.82. The van der Waals surface area contributed by atoms with Gasteiger partial charge in [-0.05, 0) is 40.4 Å². The summed E-state index contributed by atoms with van der Waals surface area (Å²) in [4.78, 5) is 15.9. The summed E-state index contributed by atoms with van der Waals surface area (Å²) in [5, 5.41) is 10.7. The zero-order valence-electron chi connectivity index (χ0n) is 12.0. The van der Waals surface area contributed by atoms with Gasteiger partial charge in [-0.1, -0.05) is 20.3 Å². The highest BCUT2D eigenvalue weighted by molar-refractivity contribution is 9.10. The Kier molecular flexibility index (Phi) is 5.95. The lowest BCUT2D eigenvalue weighted by Crippen LogP contribution is -2.48. The molecule has 5 nitrogen and oxygen atoms in total. The number of hydrogen-bond donors (Lipinski definition) is 2. The molecule has 0 saturated heterocycles. The first-order valence-corrected chi connectivity index (χ1v) is 7.42. The Morgan fingerprint density at radius 1 is 1.55 bits per heavy atom. The minimum Gasteiger partial charge on any atom is -0.481 e. The second-order valence-corrected chi connectivity index (χ2v) is 5.58. The van der Waals surface area contributed by atoms with Gasteiger partial charge < -0.3 is 15.6 Å². The molecule has 2 atom stereocenters. The van der Waals surface area contributed by atoms with Gasteiger partial charge in [-0.3, -0.25) is 4.79 Å². The number of halogens is 1. The monoisotopic (exact) mass is 344 g/mol. The Morgan fingerprint density at radius 3 is 2.65 bits per heavy atom. The van der Waals surface area contributed by atoms with Gasteiger partial charge in [-0.25, -0.2) is 4.98 Å². The number of amides is 1. The third-order valence-corrected chi connectivity index (χ3v) is 3.85. The second kappa shape index (κ2) is 7.04. The van der Waals surface area contributed by atoms with Crippen molar-refractivity contribution in [2.45, 2.75) is 44.6 Å². The van der Waals surface area contributed by atoms with Crippen LogP contribution in [-0.2, 0) is 4.79 Å². The van der Waals surface area contributed by atoms with Gasteiger partial charge in [0, 0.05) is 12.0 Å². The zero-order chi connectivity index (χ0) is 15.3. The predicted octanol–water partition coefficient (Wildman–Crippen LogP) is 2.36. The number of pyridine rings is 1. The van der Waals surface area contributed by atoms with Crippen molar-refractivity contribution in [1.82, 2.24) is 4.98 Å². The van der Waals surface area contributed by atoms with E-state index in [2.05, 4.69) is 20.9 Å². The van der Waals surface area contributed by atoms with Crippen molar-refractivity contribution >= 4 is 21.8 Å². The van der Waals surface area contributed by atoms with E-state index in [0.717, 1.165) is 5.56 Å². The first kappa shape index (κ1) is 16.9. The standard InChI is InChI=1S/C14H21BrN2O3/c1-4-6-14(19,13(16)18)10(5-2)9-7-11(15)17-12(8-9)20-3/h7-8,10,19H,4-6H2,1-3H3,(H2,16,18). The minimum atomic E-state index is -1.56. The van der Waals surface area contributed by atoms with Gasteiger partial charge >= 0.3 is 0 Å². The van der Waals surface area contributed by atoms with Crippen molar-refractivity contribution in [2.24, 2.45) is 5.73 Å². The van der Waals surface area contributed by atoms with Gasteiger partial charge in [0.15, 0.2) is 0 Å². The zero-order valence-corrected chi connectivity index (χ0v) is 13.6. The molecule has 1 aromatic rings. The summed E-state index contributed by atoms with van der Waals surface area (Å²) < 4.78 is 5.72. The topological polar surface area (TPSA) is 85.4 Å². The van der Waals surface area contributed by atoms with Crippen molar-refractivity contribution in [3.05, 3.63) is 22.3 Å². The summed E-state index contributed by atoms with van der Waals surface area (Å²) in [5.41, 5.74) is 4.65. The highest BCUT2D eigenvalue weighted by atomic mass is 79.9. The van der Waals surface area contributed by atoms with E-state index in [1.165, 1.54) is 7.11 Å². The maximum Gasteiger partial charge on any atom is 0.250 e. The first-order chi connectivity index (χ1) is 9.38. The quantitative estimate of drug-likeness (QED) is 0.743. The molecule has 0 aliphatic carbocycles. The molecule has 112 valence electrons. The van der Waals surface area contributed by atoms with Gasteiger partial charge in [-0.15, -0.1) is 0 Å². The number of nitrogens with two attached hydrogens (primary N) is 1. The molecule has 0 aromatic carbocycles. The fraction of sp³-hybridized carbons (Fsp3) is 0.571. The first-order valence-electron chi connectivity index (χ1n) is 6.62. The molecule has 6 heteroatoms. The molecule has 3 N–H and O–H groups in total. The largest absolute Gasteiger partial charge is 0.481 e. The summed E-state index contributed by atoms with van der Waals surface area (Å²) in [6.07, 6.45) is 1.57. The Balaban J connectivity index is 3.29. The number of ether oxygens (including phenoxy) is 1. The molecule has 0 saturated carbocycles. The molecule has 2 unspecified atom stereocenters. The summed E-state index contributed by atoms with van der Waals surface area (Å²) in [6, 6.07) is 3.50. The molecule has 0 bridgehead atoms. The van der Waals surface area contributed by atoms with Crippen molar-refractivity contribution < 1.29 is 14.6 Å². The van der Waals surface area contributed by atoms with Crippen molar-refractivity contribution in [3.8, 4) is 5.88 Å². The third kappa shape index (κ3) is 3.49. The number of carbonyl (C=O) groups excluding carboxylic acids is 1. The lowest BCUT2D eigenvalue weighted by atomic mass is 9.77. The van der Waals surface area contributed by atoms with Crippen LogP contribution in [0, 0.1) is 0 Å². The predicted molar refractivity (Wildman–Crippen MR) is 80.6 cm³/mol. The molecule has 0 spiro atoms. The van der Waals surface area contributed by atoms with E-state index in [0.29, 0.717) is 29.7 Å². The van der Waals surface area contributed by atoms with Gasteiger partial charge in [0.05, 0.1) is 7.11 Å². The number of primary amides is 1. The molecule has 1 heterocycles. The highest BCUT2D eigenvalue weighted by Gasteiger charge is 2.41. The van der Waals surface area contributed by atoms with E-state index in [1.54, 1.807) is 12.1 Å². The Morgan fingerprint density at radius 2 is 2.20 bits per heavy atom. The average molecular weight is 345 g/mol. The van der Waals surface area contributed by atoms with E-state index in [1.807, 2.05) is 13.8 Å². The molecule has 1 amide bonds. The number of methoxy groups -OCH3 is 1. The minimum absolute atomic E-state index is 0.323. The molecule has 0 aliphatic heterocycles. The third-order valence-electron chi connectivity index (χ3n) is 3.45. The number of aromatic nitrogens is 1. The number of rotatable bonds is 7. The van der Waals surface area contributed by atoms with Crippen LogP contribution >= 0.6 is 15.9 Å². The Labute approximate surface area is 127 Å². The van der Waals surface area contributed by atoms with Crippen LogP contribution in [0.5, 0.6) is 5.88 Å². The summed E-state index contributed by atoms with van der Waals surface area (Å²) in [5.74, 6) is -0.664. The van der Waals surface area contributed by atoms with Crippen LogP contribution < -0.4 is 10.5 Å². The van der Waals surface area contributed by atoms with Crippen LogP contribution in [0.15, 0.2) is 16.7 Å². The summed E-state index contributed by atoms with van der Waals surface area (Å²) in [7, 11) is 1.52. The Bertz CT molecular complexity index is 481. The highest BCUT2D eigenvalue weighted by Crippen LogP contribution is 2.36. The fourth-order valence-corrected chi connectivity index (χ4v) is 2.94. The van der Waals surface area contributed by atoms with Gasteiger partial charge in [0.2, 0.25) is 11.8 Å². The maximum absolute atomic E-state index is 11.7. The van der Waals surface area contributed by atoms with E-state index < -0.39 is 17.4 Å². The molecular formula is C14H21BrN2O3. The van der Waals surface area contributed by atoms with Crippen LogP contribution in [0.4, 0.5) is 0 Å². The van der Waals surface area contributed by atoms with Gasteiger partial charge in [-0.2, -0.15) is 0 Å². The van der Waals surface area contributed by atoms with Crippen molar-refractivity contribution in [3.63, 3.8) is 0 Å². The lowest BCUT2D eigenvalue weighted by molar-refractivity contribution is -0.139. The van der Waals surface area contributed by atoms with Crippen LogP contribution in [0.3, 0.4) is 0 Å². The SMILES string of the molecule is CCCC(O)(C(N)=O)C(CC)c1cc(Br)nc(OC)c1. The van der Waals surface area contributed by atoms with E-state index >= 15 is 0 Å². The number of hydrogen-bond acceptors (Lipinski definition) is 4. The van der Waals surface area contributed by atoms with Crippen molar-refractivity contribution in [2.75, 3.05) is 7.11 Å². The number of nitrogens with zero attached hydrogens (tertiary/aromatic N) is 1. The van der Waals surface area contributed by atoms with E-state index in [9.17, 15) is 9.90 Å². The number of carbonyl (C=O) groups is 1. The molecular weight excluding hydrogens is 324 g/mol. The van der Waals surface area contributed by atoms with E-state index in [-0.39, 0.29) is 0 Å². The van der Waals surface area contributed by atoms with Gasteiger partial charge in [0.25, 0.3) is 0 Å². The van der Waals surface area contributed by atoms with Crippen LogP contribution in [-0.4, -0.2) is 28.7 Å². The normalized spacial score (nSPS) is 15.4. The Hall–Kier alpha value is -1.14. The smallest absolute Gasteiger partial charge is 0.250 e. The van der Waals surface area contributed by atoms with E-state index in [4.69, 9.17) is 10.5 Å². The average Bonchev–Trinajstić information content (AvgIpc) is 2.38. The van der Waals surface area contributed by atoms with Crippen molar-refractivity contribution in [1.29, 1.82) is 0 Å². The number of aliphatic hydroxyl groups is 1. The second-order valence-electron chi connectivity index (χ2n) is 4.76. The van der Waals surface area contributed by atoms with Crippen LogP contribution in [0.1, 0.15) is 44.6 Å². The van der Waals surface area contributed by atoms with Gasteiger partial charge in [0.1, 0.15) is 10.2 Å². The molecule has 0 fully saturated rings. The molecule has 1 aromatic heterocycles. The summed E-state index contributed by atoms with van der Waals surface area (Å²) >= 11 is 3.31. The van der Waals surface area contributed by atoms with Crippen LogP contribution in [0.2, 0.25) is 0 Å².